The van der Waals surface area contributed by atoms with Crippen molar-refractivity contribution < 1.29 is 4.79 Å². The molecule has 0 aromatic carbocycles. The topological polar surface area (TPSA) is 93.0 Å². The van der Waals surface area contributed by atoms with E-state index in [0.717, 1.165) is 41.4 Å². The first-order valence-electron chi connectivity index (χ1n) is 9.86. The van der Waals surface area contributed by atoms with Crippen molar-refractivity contribution in [3.8, 4) is 0 Å². The summed E-state index contributed by atoms with van der Waals surface area (Å²) in [7, 11) is 1.77. The molecule has 1 N–H and O–H groups in total. The summed E-state index contributed by atoms with van der Waals surface area (Å²) in [5, 5.41) is 2.88. The lowest BCUT2D eigenvalue weighted by molar-refractivity contribution is 0.0940. The van der Waals surface area contributed by atoms with E-state index >= 15 is 0 Å². The average molecular weight is 382 g/mol. The Balaban J connectivity index is 1.75. The first-order valence-corrected chi connectivity index (χ1v) is 9.86. The summed E-state index contributed by atoms with van der Waals surface area (Å²) in [6.45, 7) is 7.91. The van der Waals surface area contributed by atoms with Gasteiger partial charge in [-0.15, -0.1) is 0 Å². The molecule has 4 heterocycles. The normalized spacial score (nSPS) is 16.5. The molecule has 2 aromatic heterocycles. The maximum absolute atomic E-state index is 12.7. The van der Waals surface area contributed by atoms with Crippen LogP contribution in [0.25, 0.3) is 0 Å². The van der Waals surface area contributed by atoms with E-state index in [-0.39, 0.29) is 17.4 Å². The Morgan fingerprint density at radius 3 is 2.50 bits per heavy atom. The van der Waals surface area contributed by atoms with Gasteiger partial charge in [-0.1, -0.05) is 13.8 Å². The molecule has 0 atom stereocenters. The van der Waals surface area contributed by atoms with Crippen molar-refractivity contribution in [1.82, 2.24) is 24.8 Å². The standard InChI is InChI=1S/C20H26N6O2/c1-11(2)17-23-16-14(5-8-21-19(16)27)18(24-17)26-9-6-13-15(7-10-26)22-12(3)25(4)20(13)28/h11H,5-10H2,1-4H3,(H,21,27). The summed E-state index contributed by atoms with van der Waals surface area (Å²) in [5.74, 6) is 2.24. The SMILES string of the molecule is Cc1nc2c(c(=O)n1C)CCN(c1nc(C(C)C)nc3c1CCNC3=O)CC2. The molecule has 0 fully saturated rings. The molecular weight excluding hydrogens is 356 g/mol. The van der Waals surface area contributed by atoms with Gasteiger partial charge in [-0.25, -0.2) is 15.0 Å². The number of rotatable bonds is 2. The fourth-order valence-electron chi connectivity index (χ4n) is 3.89. The molecule has 8 heteroatoms. The Kier molecular flexibility index (Phi) is 4.64. The third-order valence-electron chi connectivity index (χ3n) is 5.64. The number of carbonyl (C=O) groups excluding carboxylic acids is 1. The van der Waals surface area contributed by atoms with Crippen molar-refractivity contribution in [2.45, 2.75) is 46.0 Å². The molecule has 0 radical (unpaired) electrons. The van der Waals surface area contributed by atoms with Crippen LogP contribution in [0.5, 0.6) is 0 Å². The number of anilines is 1. The molecule has 2 aliphatic heterocycles. The highest BCUT2D eigenvalue weighted by atomic mass is 16.2. The average Bonchev–Trinajstić information content (AvgIpc) is 2.88. The van der Waals surface area contributed by atoms with Crippen LogP contribution < -0.4 is 15.8 Å². The van der Waals surface area contributed by atoms with Gasteiger partial charge in [-0.05, 0) is 19.8 Å². The van der Waals surface area contributed by atoms with Crippen LogP contribution in [0.1, 0.15) is 58.7 Å². The summed E-state index contributed by atoms with van der Waals surface area (Å²) in [5.41, 5.74) is 3.12. The monoisotopic (exact) mass is 382 g/mol. The molecule has 28 heavy (non-hydrogen) atoms. The van der Waals surface area contributed by atoms with Crippen molar-refractivity contribution in [1.29, 1.82) is 0 Å². The predicted octanol–water partition coefficient (Wildman–Crippen LogP) is 0.893. The van der Waals surface area contributed by atoms with Gasteiger partial charge in [-0.2, -0.15) is 0 Å². The zero-order valence-electron chi connectivity index (χ0n) is 16.9. The zero-order chi connectivity index (χ0) is 20.0. The third-order valence-corrected chi connectivity index (χ3v) is 5.64. The van der Waals surface area contributed by atoms with Crippen molar-refractivity contribution in [3.05, 3.63) is 44.5 Å². The number of aromatic nitrogens is 4. The van der Waals surface area contributed by atoms with E-state index in [4.69, 9.17) is 4.98 Å². The Bertz CT molecular complexity index is 1010. The molecule has 2 aromatic rings. The highest BCUT2D eigenvalue weighted by Gasteiger charge is 2.28. The smallest absolute Gasteiger partial charge is 0.270 e. The molecular formula is C20H26N6O2. The van der Waals surface area contributed by atoms with Gasteiger partial charge in [0.15, 0.2) is 0 Å². The molecule has 0 bridgehead atoms. The lowest BCUT2D eigenvalue weighted by atomic mass is 10.0. The maximum atomic E-state index is 12.7. The number of amides is 1. The number of hydrogen-bond donors (Lipinski definition) is 1. The Morgan fingerprint density at radius 1 is 1.00 bits per heavy atom. The minimum atomic E-state index is -0.129. The van der Waals surface area contributed by atoms with E-state index in [1.165, 1.54) is 0 Å². The molecule has 148 valence electrons. The van der Waals surface area contributed by atoms with Gasteiger partial charge >= 0.3 is 0 Å². The molecule has 8 nitrogen and oxygen atoms in total. The summed E-state index contributed by atoms with van der Waals surface area (Å²) in [6.07, 6.45) is 2.03. The molecule has 0 saturated heterocycles. The van der Waals surface area contributed by atoms with Gasteiger partial charge in [0.05, 0.1) is 5.69 Å². The van der Waals surface area contributed by atoms with Crippen LogP contribution in [0.3, 0.4) is 0 Å². The van der Waals surface area contributed by atoms with Crippen molar-refractivity contribution in [2.24, 2.45) is 7.05 Å². The zero-order valence-corrected chi connectivity index (χ0v) is 16.9. The summed E-state index contributed by atoms with van der Waals surface area (Å²) in [6, 6.07) is 0. The molecule has 0 aliphatic carbocycles. The molecule has 1 amide bonds. The largest absolute Gasteiger partial charge is 0.356 e. The van der Waals surface area contributed by atoms with Crippen molar-refractivity contribution >= 4 is 11.7 Å². The van der Waals surface area contributed by atoms with Crippen LogP contribution in [0, 0.1) is 6.92 Å². The third kappa shape index (κ3) is 3.06. The fraction of sp³-hybridized carbons (Fsp3) is 0.550. The minimum Gasteiger partial charge on any atom is -0.356 e. The number of fused-ring (bicyclic) bond motifs is 2. The number of aryl methyl sites for hydroxylation is 1. The van der Waals surface area contributed by atoms with Crippen LogP contribution in [0.4, 0.5) is 5.82 Å². The molecule has 2 aliphatic rings. The highest BCUT2D eigenvalue weighted by molar-refractivity contribution is 5.96. The second kappa shape index (κ2) is 7.00. The van der Waals surface area contributed by atoms with E-state index in [0.29, 0.717) is 37.4 Å². The maximum Gasteiger partial charge on any atom is 0.270 e. The van der Waals surface area contributed by atoms with E-state index < -0.39 is 0 Å². The first-order chi connectivity index (χ1) is 13.4. The Hall–Kier alpha value is -2.77. The molecule has 0 saturated carbocycles. The van der Waals surface area contributed by atoms with Crippen molar-refractivity contribution in [2.75, 3.05) is 24.5 Å². The van der Waals surface area contributed by atoms with E-state index in [9.17, 15) is 9.59 Å². The number of nitrogens with one attached hydrogen (secondary N) is 1. The lowest BCUT2D eigenvalue weighted by Gasteiger charge is -2.28. The quantitative estimate of drug-likeness (QED) is 0.829. The van der Waals surface area contributed by atoms with E-state index in [1.807, 2.05) is 20.8 Å². The highest BCUT2D eigenvalue weighted by Crippen LogP contribution is 2.27. The summed E-state index contributed by atoms with van der Waals surface area (Å²) >= 11 is 0. The Labute approximate surface area is 164 Å². The van der Waals surface area contributed by atoms with Gasteiger partial charge in [0.25, 0.3) is 11.5 Å². The second-order valence-corrected chi connectivity index (χ2v) is 7.83. The molecule has 0 spiro atoms. The van der Waals surface area contributed by atoms with Gasteiger partial charge < -0.3 is 10.2 Å². The van der Waals surface area contributed by atoms with Gasteiger partial charge in [0.2, 0.25) is 0 Å². The number of nitrogens with zero attached hydrogens (tertiary/aromatic N) is 5. The van der Waals surface area contributed by atoms with Gasteiger partial charge in [0, 0.05) is 50.1 Å². The van der Waals surface area contributed by atoms with Gasteiger partial charge in [-0.3, -0.25) is 14.2 Å². The number of hydrogen-bond acceptors (Lipinski definition) is 6. The van der Waals surface area contributed by atoms with Crippen LogP contribution >= 0.6 is 0 Å². The van der Waals surface area contributed by atoms with Crippen LogP contribution in [-0.4, -0.2) is 45.1 Å². The number of carbonyl (C=O) groups is 1. The molecule has 0 unspecified atom stereocenters. The minimum absolute atomic E-state index is 0.0383. The summed E-state index contributed by atoms with van der Waals surface area (Å²) < 4.78 is 1.61. The molecule has 4 rings (SSSR count). The van der Waals surface area contributed by atoms with Crippen LogP contribution in [-0.2, 0) is 26.3 Å². The van der Waals surface area contributed by atoms with E-state index in [1.54, 1.807) is 11.6 Å². The van der Waals surface area contributed by atoms with Crippen LogP contribution in [0.2, 0.25) is 0 Å². The van der Waals surface area contributed by atoms with Gasteiger partial charge in [0.1, 0.15) is 23.2 Å². The first kappa shape index (κ1) is 18.6. The fourth-order valence-corrected chi connectivity index (χ4v) is 3.89. The lowest BCUT2D eigenvalue weighted by Crippen LogP contribution is -2.37. The predicted molar refractivity (Wildman–Crippen MR) is 106 cm³/mol. The summed E-state index contributed by atoms with van der Waals surface area (Å²) in [4.78, 5) is 41.3. The second-order valence-electron chi connectivity index (χ2n) is 7.83. The van der Waals surface area contributed by atoms with Crippen LogP contribution in [0.15, 0.2) is 4.79 Å². The van der Waals surface area contributed by atoms with Crippen molar-refractivity contribution in [3.63, 3.8) is 0 Å². The Morgan fingerprint density at radius 2 is 1.75 bits per heavy atom. The van der Waals surface area contributed by atoms with E-state index in [2.05, 4.69) is 20.2 Å².